The Balaban J connectivity index is 3.05. The van der Waals surface area contributed by atoms with Gasteiger partial charge in [-0.05, 0) is 11.6 Å². The van der Waals surface area contributed by atoms with Gasteiger partial charge >= 0.3 is 0 Å². The molecule has 6 N–H and O–H groups in total. The average molecular weight is 329 g/mol. The minimum Gasteiger partial charge on any atom is -0.369 e. The van der Waals surface area contributed by atoms with Gasteiger partial charge in [-0.25, -0.2) is 0 Å². The number of carbonyl (C=O) groups excluding carboxylic acids is 2. The molecule has 1 atom stereocenters. The lowest BCUT2D eigenvalue weighted by Crippen LogP contribution is -2.44. The highest BCUT2D eigenvalue weighted by atomic mass is 79.9. The van der Waals surface area contributed by atoms with Crippen molar-refractivity contribution in [3.05, 3.63) is 34.3 Å². The van der Waals surface area contributed by atoms with Gasteiger partial charge in [0.05, 0.1) is 13.1 Å². The predicted octanol–water partition coefficient (Wildman–Crippen LogP) is -0.279. The van der Waals surface area contributed by atoms with Crippen molar-refractivity contribution in [3.8, 4) is 0 Å². The van der Waals surface area contributed by atoms with Crippen LogP contribution < -0.4 is 17.2 Å². The van der Waals surface area contributed by atoms with Crippen molar-refractivity contribution in [2.75, 3.05) is 19.6 Å². The lowest BCUT2D eigenvalue weighted by molar-refractivity contribution is -0.122. The zero-order valence-electron chi connectivity index (χ0n) is 10.4. The van der Waals surface area contributed by atoms with Crippen molar-refractivity contribution >= 4 is 27.7 Å². The van der Waals surface area contributed by atoms with E-state index in [4.69, 9.17) is 17.2 Å². The number of nitrogens with zero attached hydrogens (tertiary/aromatic N) is 1. The van der Waals surface area contributed by atoms with Crippen LogP contribution in [0.4, 0.5) is 0 Å². The zero-order valence-corrected chi connectivity index (χ0v) is 12.0. The predicted molar refractivity (Wildman–Crippen MR) is 75.9 cm³/mol. The molecule has 0 aliphatic carbocycles. The number of primary amides is 2. The van der Waals surface area contributed by atoms with E-state index in [-0.39, 0.29) is 25.7 Å². The van der Waals surface area contributed by atoms with Gasteiger partial charge in [0.25, 0.3) is 0 Å². The molecule has 0 aliphatic rings. The first kappa shape index (κ1) is 15.6. The Labute approximate surface area is 120 Å². The Hall–Kier alpha value is -1.44. The third-order valence-corrected chi connectivity index (χ3v) is 3.37. The fourth-order valence-corrected chi connectivity index (χ4v) is 2.44. The normalized spacial score (nSPS) is 12.4. The highest BCUT2D eigenvalue weighted by Gasteiger charge is 2.23. The molecule has 1 aromatic carbocycles. The van der Waals surface area contributed by atoms with Crippen molar-refractivity contribution < 1.29 is 9.59 Å². The average Bonchev–Trinajstić information content (AvgIpc) is 2.30. The van der Waals surface area contributed by atoms with E-state index in [1.807, 2.05) is 24.3 Å². The maximum Gasteiger partial charge on any atom is 0.231 e. The Morgan fingerprint density at radius 2 is 1.68 bits per heavy atom. The van der Waals surface area contributed by atoms with Gasteiger partial charge in [0.2, 0.25) is 11.8 Å². The van der Waals surface area contributed by atoms with Crippen LogP contribution in [-0.4, -0.2) is 36.3 Å². The maximum atomic E-state index is 11.1. The zero-order chi connectivity index (χ0) is 14.4. The van der Waals surface area contributed by atoms with Crippen molar-refractivity contribution in [3.63, 3.8) is 0 Å². The summed E-state index contributed by atoms with van der Waals surface area (Å²) in [7, 11) is 0. The summed E-state index contributed by atoms with van der Waals surface area (Å²) in [6.07, 6.45) is 0. The van der Waals surface area contributed by atoms with E-state index in [0.717, 1.165) is 10.0 Å². The molecular weight excluding hydrogens is 312 g/mol. The second kappa shape index (κ2) is 7.22. The van der Waals surface area contributed by atoms with E-state index >= 15 is 0 Å². The number of nitrogens with two attached hydrogens (primary N) is 3. The highest BCUT2D eigenvalue weighted by Crippen LogP contribution is 2.26. The van der Waals surface area contributed by atoms with Gasteiger partial charge in [0.15, 0.2) is 0 Å². The van der Waals surface area contributed by atoms with Crippen LogP contribution in [0.15, 0.2) is 28.7 Å². The van der Waals surface area contributed by atoms with Crippen LogP contribution >= 0.6 is 15.9 Å². The first-order valence-corrected chi connectivity index (χ1v) is 6.50. The van der Waals surface area contributed by atoms with Crippen LogP contribution in [0.25, 0.3) is 0 Å². The minimum atomic E-state index is -0.535. The number of halogens is 1. The fourth-order valence-electron chi connectivity index (χ4n) is 1.89. The van der Waals surface area contributed by atoms with E-state index < -0.39 is 11.8 Å². The molecule has 104 valence electrons. The molecule has 0 spiro atoms. The number of amides is 2. The molecule has 0 saturated heterocycles. The number of benzene rings is 1. The van der Waals surface area contributed by atoms with E-state index in [1.54, 1.807) is 4.90 Å². The quantitative estimate of drug-likeness (QED) is 0.638. The fraction of sp³-hybridized carbons (Fsp3) is 0.333. The van der Waals surface area contributed by atoms with Gasteiger partial charge in [-0.2, -0.15) is 0 Å². The monoisotopic (exact) mass is 328 g/mol. The van der Waals surface area contributed by atoms with Gasteiger partial charge < -0.3 is 17.2 Å². The summed E-state index contributed by atoms with van der Waals surface area (Å²) in [5, 5.41) is 0. The summed E-state index contributed by atoms with van der Waals surface area (Å²) in [6, 6.07) is 7.15. The summed E-state index contributed by atoms with van der Waals surface area (Å²) in [5.74, 6) is -1.07. The molecule has 1 unspecified atom stereocenters. The van der Waals surface area contributed by atoms with Crippen LogP contribution in [0.5, 0.6) is 0 Å². The summed E-state index contributed by atoms with van der Waals surface area (Å²) in [5.41, 5.74) is 17.0. The van der Waals surface area contributed by atoms with Gasteiger partial charge in [0.1, 0.15) is 0 Å². The summed E-state index contributed by atoms with van der Waals surface area (Å²) in [4.78, 5) is 23.8. The number of hydrogen-bond donors (Lipinski definition) is 3. The van der Waals surface area contributed by atoms with Crippen molar-refractivity contribution in [2.24, 2.45) is 17.2 Å². The Morgan fingerprint density at radius 3 is 2.11 bits per heavy atom. The van der Waals surface area contributed by atoms with Gasteiger partial charge in [0, 0.05) is 17.1 Å². The SMILES string of the molecule is NCC(c1ccccc1Br)N(CC(N)=O)CC(N)=O. The van der Waals surface area contributed by atoms with Crippen molar-refractivity contribution in [1.82, 2.24) is 4.90 Å². The molecule has 0 saturated carbocycles. The molecule has 0 aliphatic heterocycles. The minimum absolute atomic E-state index is 0.0772. The summed E-state index contributed by atoms with van der Waals surface area (Å²) >= 11 is 3.42. The van der Waals surface area contributed by atoms with Crippen LogP contribution in [-0.2, 0) is 9.59 Å². The molecule has 1 aromatic rings. The summed E-state index contributed by atoms with van der Waals surface area (Å²) in [6.45, 7) is 0.0848. The molecule has 0 radical (unpaired) electrons. The maximum absolute atomic E-state index is 11.1. The third-order valence-electron chi connectivity index (χ3n) is 2.65. The van der Waals surface area contributed by atoms with Crippen molar-refractivity contribution in [2.45, 2.75) is 6.04 Å². The lowest BCUT2D eigenvalue weighted by atomic mass is 10.1. The van der Waals surface area contributed by atoms with Crippen LogP contribution in [0, 0.1) is 0 Å². The molecule has 0 aromatic heterocycles. The van der Waals surface area contributed by atoms with E-state index in [2.05, 4.69) is 15.9 Å². The number of rotatable bonds is 7. The van der Waals surface area contributed by atoms with E-state index in [9.17, 15) is 9.59 Å². The standard InChI is InChI=1S/C12H17BrN4O2/c13-9-4-2-1-3-8(9)10(5-14)17(6-11(15)18)7-12(16)19/h1-4,10H,5-7,14H2,(H2,15,18)(H2,16,19). The number of hydrogen-bond acceptors (Lipinski definition) is 4. The molecule has 2 amide bonds. The van der Waals surface area contributed by atoms with Crippen LogP contribution in [0.3, 0.4) is 0 Å². The van der Waals surface area contributed by atoms with Crippen molar-refractivity contribution in [1.29, 1.82) is 0 Å². The van der Waals surface area contributed by atoms with E-state index in [1.165, 1.54) is 0 Å². The highest BCUT2D eigenvalue weighted by molar-refractivity contribution is 9.10. The largest absolute Gasteiger partial charge is 0.369 e. The molecule has 0 bridgehead atoms. The van der Waals surface area contributed by atoms with Gasteiger partial charge in [-0.3, -0.25) is 14.5 Å². The Morgan fingerprint density at radius 1 is 1.16 bits per heavy atom. The molecule has 7 heteroatoms. The molecule has 1 rings (SSSR count). The first-order chi connectivity index (χ1) is 8.95. The smallest absolute Gasteiger partial charge is 0.231 e. The molecule has 0 fully saturated rings. The van der Waals surface area contributed by atoms with Crippen LogP contribution in [0.2, 0.25) is 0 Å². The molecular formula is C12H17BrN4O2. The Bertz CT molecular complexity index is 451. The molecule has 6 nitrogen and oxygen atoms in total. The molecule has 19 heavy (non-hydrogen) atoms. The second-order valence-electron chi connectivity index (χ2n) is 4.11. The first-order valence-electron chi connectivity index (χ1n) is 5.70. The van der Waals surface area contributed by atoms with Gasteiger partial charge in [-0.15, -0.1) is 0 Å². The topological polar surface area (TPSA) is 115 Å². The van der Waals surface area contributed by atoms with E-state index in [0.29, 0.717) is 0 Å². The molecule has 0 heterocycles. The summed E-state index contributed by atoms with van der Waals surface area (Å²) < 4.78 is 0.851. The van der Waals surface area contributed by atoms with Gasteiger partial charge in [-0.1, -0.05) is 34.1 Å². The van der Waals surface area contributed by atoms with Crippen LogP contribution in [0.1, 0.15) is 11.6 Å². The second-order valence-corrected chi connectivity index (χ2v) is 4.96. The number of carbonyl (C=O) groups is 2. The third kappa shape index (κ3) is 4.62. The Kier molecular flexibility index (Phi) is 5.94. The lowest BCUT2D eigenvalue weighted by Gasteiger charge is -2.29.